The molecule has 1 aromatic rings. The molecule has 4 nitrogen and oxygen atoms in total. The Balaban J connectivity index is 1.73. The van der Waals surface area contributed by atoms with E-state index in [0.29, 0.717) is 11.6 Å². The fourth-order valence-corrected chi connectivity index (χ4v) is 2.32. The van der Waals surface area contributed by atoms with Crippen molar-refractivity contribution in [1.29, 1.82) is 0 Å². The minimum atomic E-state index is -0.0233. The molecule has 0 aliphatic carbocycles. The van der Waals surface area contributed by atoms with E-state index in [0.717, 1.165) is 30.7 Å². The highest BCUT2D eigenvalue weighted by Crippen LogP contribution is 2.19. The Hall–Kier alpha value is -1.26. The number of anilines is 1. The summed E-state index contributed by atoms with van der Waals surface area (Å²) in [6, 6.07) is 5.56. The number of hydrogen-bond donors (Lipinski definition) is 2. The zero-order chi connectivity index (χ0) is 13.7. The number of halogens is 1. The van der Waals surface area contributed by atoms with Gasteiger partial charge in [0.2, 0.25) is 5.91 Å². The van der Waals surface area contributed by atoms with Gasteiger partial charge in [0.25, 0.3) is 0 Å². The fourth-order valence-electron chi connectivity index (χ4n) is 2.10. The van der Waals surface area contributed by atoms with Gasteiger partial charge in [-0.1, -0.05) is 11.6 Å². The fraction of sp³-hybridized carbons (Fsp3) is 0.500. The summed E-state index contributed by atoms with van der Waals surface area (Å²) in [4.78, 5) is 11.7. The van der Waals surface area contributed by atoms with Crippen LogP contribution in [0.3, 0.4) is 0 Å². The molecule has 0 bridgehead atoms. The van der Waals surface area contributed by atoms with Gasteiger partial charge in [0.1, 0.15) is 0 Å². The van der Waals surface area contributed by atoms with E-state index >= 15 is 0 Å². The van der Waals surface area contributed by atoms with Crippen LogP contribution in [0.1, 0.15) is 18.4 Å². The van der Waals surface area contributed by atoms with E-state index in [2.05, 4.69) is 10.6 Å². The van der Waals surface area contributed by atoms with Crippen molar-refractivity contribution in [2.45, 2.75) is 25.9 Å². The molecule has 2 N–H and O–H groups in total. The van der Waals surface area contributed by atoms with Crippen molar-refractivity contribution >= 4 is 23.2 Å². The number of carbonyl (C=O) groups is 1. The summed E-state index contributed by atoms with van der Waals surface area (Å²) in [5.74, 6) is -0.0233. The van der Waals surface area contributed by atoms with Crippen molar-refractivity contribution in [2.24, 2.45) is 0 Å². The highest BCUT2D eigenvalue weighted by molar-refractivity contribution is 6.30. The number of hydrogen-bond acceptors (Lipinski definition) is 3. The summed E-state index contributed by atoms with van der Waals surface area (Å²) in [6.07, 6.45) is 2.30. The van der Waals surface area contributed by atoms with Crippen molar-refractivity contribution in [1.82, 2.24) is 5.32 Å². The molecule has 0 spiro atoms. The van der Waals surface area contributed by atoms with Crippen molar-refractivity contribution in [3.63, 3.8) is 0 Å². The van der Waals surface area contributed by atoms with Gasteiger partial charge in [-0.15, -0.1) is 0 Å². The summed E-state index contributed by atoms with van der Waals surface area (Å²) >= 11 is 5.88. The molecule has 1 aliphatic heterocycles. The molecule has 1 saturated heterocycles. The maximum atomic E-state index is 11.7. The number of ether oxygens (including phenoxy) is 1. The number of aryl methyl sites for hydroxylation is 1. The molecule has 5 heteroatoms. The van der Waals surface area contributed by atoms with Crippen LogP contribution in [0, 0.1) is 6.92 Å². The topological polar surface area (TPSA) is 50.4 Å². The van der Waals surface area contributed by atoms with Crippen LogP contribution in [0.25, 0.3) is 0 Å². The first-order valence-electron chi connectivity index (χ1n) is 6.53. The number of amides is 1. The molecule has 2 rings (SSSR count). The van der Waals surface area contributed by atoms with E-state index < -0.39 is 0 Å². The highest BCUT2D eigenvalue weighted by Gasteiger charge is 2.15. The average Bonchev–Trinajstić information content (AvgIpc) is 2.88. The summed E-state index contributed by atoms with van der Waals surface area (Å²) in [5.41, 5.74) is 1.95. The molecule has 0 saturated carbocycles. The van der Waals surface area contributed by atoms with E-state index in [9.17, 15) is 4.79 Å². The molecule has 0 radical (unpaired) electrons. The highest BCUT2D eigenvalue weighted by atomic mass is 35.5. The van der Waals surface area contributed by atoms with Crippen molar-refractivity contribution in [3.05, 3.63) is 28.8 Å². The first-order chi connectivity index (χ1) is 9.15. The lowest BCUT2D eigenvalue weighted by atomic mass is 10.2. The predicted molar refractivity (Wildman–Crippen MR) is 76.7 cm³/mol. The summed E-state index contributed by atoms with van der Waals surface area (Å²) in [5, 5.41) is 6.68. The zero-order valence-corrected chi connectivity index (χ0v) is 11.8. The van der Waals surface area contributed by atoms with Gasteiger partial charge in [0.05, 0.1) is 12.6 Å². The van der Waals surface area contributed by atoms with Crippen LogP contribution in [0.5, 0.6) is 0 Å². The molecule has 1 amide bonds. The third kappa shape index (κ3) is 4.40. The molecule has 1 heterocycles. The third-order valence-corrected chi connectivity index (χ3v) is 3.41. The maximum Gasteiger partial charge on any atom is 0.239 e. The summed E-state index contributed by atoms with van der Waals surface area (Å²) < 4.78 is 5.45. The SMILES string of the molecule is Cc1cc(Cl)ccc1NCC(=O)NCC1CCCO1. The molecule has 1 aliphatic rings. The number of carbonyl (C=O) groups excluding carboxylic acids is 1. The second-order valence-corrected chi connectivity index (χ2v) is 5.19. The van der Waals surface area contributed by atoms with Gasteiger partial charge in [0.15, 0.2) is 0 Å². The Labute approximate surface area is 118 Å². The molecular weight excluding hydrogens is 264 g/mol. The van der Waals surface area contributed by atoms with Gasteiger partial charge < -0.3 is 15.4 Å². The molecule has 1 fully saturated rings. The van der Waals surface area contributed by atoms with Crippen LogP contribution >= 0.6 is 11.6 Å². The lowest BCUT2D eigenvalue weighted by molar-refractivity contribution is -0.119. The van der Waals surface area contributed by atoms with Crippen molar-refractivity contribution in [2.75, 3.05) is 25.0 Å². The molecule has 19 heavy (non-hydrogen) atoms. The lowest BCUT2D eigenvalue weighted by Gasteiger charge is -2.12. The van der Waals surface area contributed by atoms with Crippen LogP contribution in [-0.2, 0) is 9.53 Å². The molecule has 1 aromatic carbocycles. The van der Waals surface area contributed by atoms with Crippen LogP contribution in [-0.4, -0.2) is 31.7 Å². The van der Waals surface area contributed by atoms with Crippen LogP contribution in [0.15, 0.2) is 18.2 Å². The minimum absolute atomic E-state index is 0.0233. The van der Waals surface area contributed by atoms with Gasteiger partial charge in [-0.05, 0) is 43.5 Å². The standard InChI is InChI=1S/C14H19ClN2O2/c1-10-7-11(15)4-5-13(10)16-9-14(18)17-8-12-3-2-6-19-12/h4-5,7,12,16H,2-3,6,8-9H2,1H3,(H,17,18). The minimum Gasteiger partial charge on any atom is -0.376 e. The first-order valence-corrected chi connectivity index (χ1v) is 6.91. The van der Waals surface area contributed by atoms with E-state index in [-0.39, 0.29) is 18.6 Å². The zero-order valence-electron chi connectivity index (χ0n) is 11.0. The van der Waals surface area contributed by atoms with Gasteiger partial charge in [-0.25, -0.2) is 0 Å². The molecule has 1 atom stereocenters. The number of rotatable bonds is 5. The average molecular weight is 283 g/mol. The quantitative estimate of drug-likeness (QED) is 0.872. The Bertz CT molecular complexity index is 445. The van der Waals surface area contributed by atoms with E-state index in [1.807, 2.05) is 19.1 Å². The lowest BCUT2D eigenvalue weighted by Crippen LogP contribution is -2.35. The third-order valence-electron chi connectivity index (χ3n) is 3.18. The maximum absolute atomic E-state index is 11.7. The van der Waals surface area contributed by atoms with Gasteiger partial charge in [-0.2, -0.15) is 0 Å². The van der Waals surface area contributed by atoms with Gasteiger partial charge in [-0.3, -0.25) is 4.79 Å². The van der Waals surface area contributed by atoms with Gasteiger partial charge in [0, 0.05) is 23.9 Å². The molecular formula is C14H19ClN2O2. The van der Waals surface area contributed by atoms with E-state index in [1.165, 1.54) is 0 Å². The van der Waals surface area contributed by atoms with Crippen LogP contribution < -0.4 is 10.6 Å². The Morgan fingerprint density at radius 2 is 2.37 bits per heavy atom. The Morgan fingerprint density at radius 3 is 3.05 bits per heavy atom. The Morgan fingerprint density at radius 1 is 1.53 bits per heavy atom. The molecule has 0 aromatic heterocycles. The van der Waals surface area contributed by atoms with Gasteiger partial charge >= 0.3 is 0 Å². The van der Waals surface area contributed by atoms with Crippen molar-refractivity contribution < 1.29 is 9.53 Å². The van der Waals surface area contributed by atoms with E-state index in [1.54, 1.807) is 6.07 Å². The van der Waals surface area contributed by atoms with Crippen molar-refractivity contribution in [3.8, 4) is 0 Å². The smallest absolute Gasteiger partial charge is 0.239 e. The Kier molecular flexibility index (Phi) is 5.05. The van der Waals surface area contributed by atoms with E-state index in [4.69, 9.17) is 16.3 Å². The summed E-state index contributed by atoms with van der Waals surface area (Å²) in [6.45, 7) is 3.62. The summed E-state index contributed by atoms with van der Waals surface area (Å²) in [7, 11) is 0. The van der Waals surface area contributed by atoms with Crippen LogP contribution in [0.2, 0.25) is 5.02 Å². The molecule has 104 valence electrons. The van der Waals surface area contributed by atoms with Crippen LogP contribution in [0.4, 0.5) is 5.69 Å². The largest absolute Gasteiger partial charge is 0.376 e. The second kappa shape index (κ2) is 6.78. The second-order valence-electron chi connectivity index (χ2n) is 4.75. The number of nitrogens with one attached hydrogen (secondary N) is 2. The number of benzene rings is 1. The molecule has 1 unspecified atom stereocenters. The normalized spacial score (nSPS) is 18.3. The first kappa shape index (κ1) is 14.2. The monoisotopic (exact) mass is 282 g/mol. The predicted octanol–water partition coefficient (Wildman–Crippen LogP) is 2.36.